The Hall–Kier alpha value is -1.30. The van der Waals surface area contributed by atoms with Crippen molar-refractivity contribution in [2.75, 3.05) is 18.1 Å². The molecule has 1 fully saturated rings. The average Bonchev–Trinajstić information content (AvgIpc) is 3.09. The third-order valence-corrected chi connectivity index (χ3v) is 4.30. The molecule has 1 unspecified atom stereocenters. The summed E-state index contributed by atoms with van der Waals surface area (Å²) in [6, 6.07) is 0.254. The second kappa shape index (κ2) is 5.56. The third-order valence-electron chi connectivity index (χ3n) is 3.22. The molecule has 2 rings (SSSR count). The summed E-state index contributed by atoms with van der Waals surface area (Å²) >= 11 is 1.30. The van der Waals surface area contributed by atoms with E-state index in [9.17, 15) is 4.79 Å². The Morgan fingerprint density at radius 1 is 1.61 bits per heavy atom. The first-order chi connectivity index (χ1) is 8.63. The molecule has 1 saturated carbocycles. The van der Waals surface area contributed by atoms with Gasteiger partial charge >= 0.3 is 0 Å². The predicted octanol–water partition coefficient (Wildman–Crippen LogP) is 2.08. The van der Waals surface area contributed by atoms with Crippen LogP contribution in [-0.2, 0) is 0 Å². The first kappa shape index (κ1) is 13.1. The van der Waals surface area contributed by atoms with E-state index in [2.05, 4.69) is 22.5 Å². The molecule has 0 spiro atoms. The second-order valence-corrected chi connectivity index (χ2v) is 5.74. The lowest BCUT2D eigenvalue weighted by Crippen LogP contribution is -2.34. The van der Waals surface area contributed by atoms with E-state index >= 15 is 0 Å². The van der Waals surface area contributed by atoms with Gasteiger partial charge in [-0.15, -0.1) is 0 Å². The van der Waals surface area contributed by atoms with Crippen LogP contribution >= 0.6 is 11.3 Å². The maximum Gasteiger partial charge on any atom is 0.265 e. The van der Waals surface area contributed by atoms with Gasteiger partial charge < -0.3 is 16.4 Å². The van der Waals surface area contributed by atoms with Gasteiger partial charge in [0.15, 0.2) is 5.13 Å². The SMILES string of the molecule is CCC(CC1CC1)NC(=O)c1sc(NC)nc1N. The highest BCUT2D eigenvalue weighted by Gasteiger charge is 2.26. The van der Waals surface area contributed by atoms with Crippen LogP contribution in [0, 0.1) is 5.92 Å². The van der Waals surface area contributed by atoms with E-state index in [1.807, 2.05) is 0 Å². The van der Waals surface area contributed by atoms with Gasteiger partial charge in [0.05, 0.1) is 0 Å². The molecule has 0 saturated heterocycles. The normalized spacial score (nSPS) is 16.3. The van der Waals surface area contributed by atoms with Crippen LogP contribution in [0.2, 0.25) is 0 Å². The summed E-state index contributed by atoms with van der Waals surface area (Å²) in [7, 11) is 1.77. The summed E-state index contributed by atoms with van der Waals surface area (Å²) in [5.74, 6) is 1.02. The molecule has 1 aromatic rings. The number of amides is 1. The maximum absolute atomic E-state index is 12.1. The molecule has 5 nitrogen and oxygen atoms in total. The number of nitrogens with two attached hydrogens (primary N) is 1. The summed E-state index contributed by atoms with van der Waals surface area (Å²) in [5.41, 5.74) is 5.75. The van der Waals surface area contributed by atoms with E-state index in [4.69, 9.17) is 5.73 Å². The molecular formula is C12H20N4OS. The van der Waals surface area contributed by atoms with Gasteiger partial charge in [0.1, 0.15) is 10.7 Å². The quantitative estimate of drug-likeness (QED) is 0.738. The van der Waals surface area contributed by atoms with E-state index < -0.39 is 0 Å². The Kier molecular flexibility index (Phi) is 4.06. The van der Waals surface area contributed by atoms with Gasteiger partial charge in [-0.05, 0) is 18.8 Å². The van der Waals surface area contributed by atoms with E-state index in [1.165, 1.54) is 24.2 Å². The highest BCUT2D eigenvalue weighted by molar-refractivity contribution is 7.18. The van der Waals surface area contributed by atoms with Gasteiger partial charge in [-0.1, -0.05) is 31.1 Å². The molecule has 4 N–H and O–H groups in total. The van der Waals surface area contributed by atoms with Crippen LogP contribution in [0.1, 0.15) is 42.3 Å². The fraction of sp³-hybridized carbons (Fsp3) is 0.667. The Bertz CT molecular complexity index is 428. The molecule has 1 heterocycles. The van der Waals surface area contributed by atoms with Gasteiger partial charge in [-0.3, -0.25) is 4.79 Å². The van der Waals surface area contributed by atoms with Crippen LogP contribution < -0.4 is 16.4 Å². The molecule has 6 heteroatoms. The molecule has 1 aromatic heterocycles. The molecule has 0 radical (unpaired) electrons. The lowest BCUT2D eigenvalue weighted by Gasteiger charge is -2.15. The Balaban J connectivity index is 1.98. The van der Waals surface area contributed by atoms with Crippen molar-refractivity contribution in [1.82, 2.24) is 10.3 Å². The highest BCUT2D eigenvalue weighted by atomic mass is 32.1. The number of rotatable bonds is 6. The lowest BCUT2D eigenvalue weighted by molar-refractivity contribution is 0.0937. The zero-order chi connectivity index (χ0) is 13.1. The topological polar surface area (TPSA) is 80.0 Å². The zero-order valence-electron chi connectivity index (χ0n) is 10.8. The van der Waals surface area contributed by atoms with Crippen LogP contribution in [0.4, 0.5) is 10.9 Å². The van der Waals surface area contributed by atoms with Crippen molar-refractivity contribution in [2.45, 2.75) is 38.6 Å². The number of thiazole rings is 1. The number of anilines is 2. The summed E-state index contributed by atoms with van der Waals surface area (Å²) in [5, 5.41) is 6.63. The zero-order valence-corrected chi connectivity index (χ0v) is 11.6. The Morgan fingerprint density at radius 2 is 2.33 bits per heavy atom. The molecule has 1 atom stereocenters. The molecule has 1 aliphatic carbocycles. The van der Waals surface area contributed by atoms with Crippen molar-refractivity contribution in [1.29, 1.82) is 0 Å². The van der Waals surface area contributed by atoms with Crippen LogP contribution in [0.25, 0.3) is 0 Å². The first-order valence-corrected chi connectivity index (χ1v) is 7.20. The summed E-state index contributed by atoms with van der Waals surface area (Å²) in [4.78, 5) is 16.7. The number of carbonyl (C=O) groups excluding carboxylic acids is 1. The smallest absolute Gasteiger partial charge is 0.265 e. The predicted molar refractivity (Wildman–Crippen MR) is 75.0 cm³/mol. The van der Waals surface area contributed by atoms with Gasteiger partial charge in [0.2, 0.25) is 0 Å². The number of carbonyl (C=O) groups is 1. The van der Waals surface area contributed by atoms with Crippen LogP contribution in [-0.4, -0.2) is 24.0 Å². The number of nitrogens with zero attached hydrogens (tertiary/aromatic N) is 1. The largest absolute Gasteiger partial charge is 0.382 e. The van der Waals surface area contributed by atoms with E-state index in [0.717, 1.165) is 18.8 Å². The minimum atomic E-state index is -0.0981. The standard InChI is InChI=1S/C12H20N4OS/c1-3-8(6-7-4-5-7)15-11(17)9-10(13)16-12(14-2)18-9/h7-8H,3-6,13H2,1-2H3,(H,14,16)(H,15,17). The second-order valence-electron chi connectivity index (χ2n) is 4.74. The van der Waals surface area contributed by atoms with Crippen LogP contribution in [0.3, 0.4) is 0 Å². The molecular weight excluding hydrogens is 248 g/mol. The van der Waals surface area contributed by atoms with Gasteiger partial charge in [0, 0.05) is 13.1 Å². The number of hydrogen-bond donors (Lipinski definition) is 3. The first-order valence-electron chi connectivity index (χ1n) is 6.39. The molecule has 18 heavy (non-hydrogen) atoms. The average molecular weight is 268 g/mol. The molecule has 1 aliphatic rings. The van der Waals surface area contributed by atoms with E-state index in [1.54, 1.807) is 7.05 Å². The van der Waals surface area contributed by atoms with E-state index in [0.29, 0.717) is 15.8 Å². The summed E-state index contributed by atoms with van der Waals surface area (Å²) < 4.78 is 0. The molecule has 100 valence electrons. The fourth-order valence-corrected chi connectivity index (χ4v) is 2.68. The third kappa shape index (κ3) is 3.13. The van der Waals surface area contributed by atoms with Crippen molar-refractivity contribution in [3.8, 4) is 0 Å². The Morgan fingerprint density at radius 3 is 2.83 bits per heavy atom. The van der Waals surface area contributed by atoms with Crippen molar-refractivity contribution in [3.63, 3.8) is 0 Å². The molecule has 1 amide bonds. The van der Waals surface area contributed by atoms with Crippen molar-refractivity contribution in [2.24, 2.45) is 5.92 Å². The minimum Gasteiger partial charge on any atom is -0.382 e. The minimum absolute atomic E-state index is 0.0981. The lowest BCUT2D eigenvalue weighted by atomic mass is 10.1. The molecule has 0 bridgehead atoms. The van der Waals surface area contributed by atoms with Crippen LogP contribution in [0.5, 0.6) is 0 Å². The van der Waals surface area contributed by atoms with Crippen LogP contribution in [0.15, 0.2) is 0 Å². The van der Waals surface area contributed by atoms with Gasteiger partial charge in [-0.2, -0.15) is 0 Å². The number of nitrogens with one attached hydrogen (secondary N) is 2. The molecule has 0 aromatic carbocycles. The number of nitrogen functional groups attached to an aromatic ring is 1. The Labute approximate surface area is 111 Å². The fourth-order valence-electron chi connectivity index (χ4n) is 1.94. The monoisotopic (exact) mass is 268 g/mol. The van der Waals surface area contributed by atoms with Crippen molar-refractivity contribution >= 4 is 28.2 Å². The summed E-state index contributed by atoms with van der Waals surface area (Å²) in [6.07, 6.45) is 4.65. The number of aromatic nitrogens is 1. The maximum atomic E-state index is 12.1. The highest BCUT2D eigenvalue weighted by Crippen LogP contribution is 2.34. The van der Waals surface area contributed by atoms with Crippen molar-refractivity contribution < 1.29 is 4.79 Å². The number of hydrogen-bond acceptors (Lipinski definition) is 5. The summed E-state index contributed by atoms with van der Waals surface area (Å²) in [6.45, 7) is 2.10. The van der Waals surface area contributed by atoms with Gasteiger partial charge in [-0.25, -0.2) is 4.98 Å². The van der Waals surface area contributed by atoms with E-state index in [-0.39, 0.29) is 11.9 Å². The van der Waals surface area contributed by atoms with Crippen molar-refractivity contribution in [3.05, 3.63) is 4.88 Å². The van der Waals surface area contributed by atoms with Gasteiger partial charge in [0.25, 0.3) is 5.91 Å². The molecule has 0 aliphatic heterocycles.